The van der Waals surface area contributed by atoms with E-state index in [0.29, 0.717) is 0 Å². The van der Waals surface area contributed by atoms with E-state index in [9.17, 15) is 21.6 Å². The van der Waals surface area contributed by atoms with E-state index in [1.165, 1.54) is 0 Å². The first-order chi connectivity index (χ1) is 9.19. The zero-order chi connectivity index (χ0) is 15.6. The predicted molar refractivity (Wildman–Crippen MR) is 73.6 cm³/mol. The van der Waals surface area contributed by atoms with E-state index in [0.717, 1.165) is 26.2 Å². The number of nitrogens with one attached hydrogen (secondary N) is 3. The Kier molecular flexibility index (Phi) is 5.10. The molecule has 0 bridgehead atoms. The minimum atomic E-state index is -3.98. The van der Waals surface area contributed by atoms with Crippen molar-refractivity contribution in [2.45, 2.75) is 9.79 Å². The molecule has 0 heterocycles. The molecule has 8 nitrogen and oxygen atoms in total. The van der Waals surface area contributed by atoms with Crippen LogP contribution in [0.5, 0.6) is 0 Å². The smallest absolute Gasteiger partial charge is 0.242 e. The third kappa shape index (κ3) is 3.27. The average Bonchev–Trinajstić information content (AvgIpc) is 2.38. The van der Waals surface area contributed by atoms with Crippen molar-refractivity contribution in [2.75, 3.05) is 19.4 Å². The number of hydrogen-bond acceptors (Lipinski definition) is 5. The molecular weight excluding hydrogens is 330 g/mol. The first-order valence-electron chi connectivity index (χ1n) is 5.10. The van der Waals surface area contributed by atoms with E-state index >= 15 is 0 Å². The van der Waals surface area contributed by atoms with E-state index in [1.54, 1.807) is 0 Å². The van der Waals surface area contributed by atoms with Gasteiger partial charge in [-0.05, 0) is 26.2 Å². The molecule has 0 spiro atoms. The highest BCUT2D eigenvalue weighted by Crippen LogP contribution is 2.31. The summed E-state index contributed by atoms with van der Waals surface area (Å²) in [6.45, 7) is 0. The highest BCUT2D eigenvalue weighted by atomic mass is 35.5. The third-order valence-electron chi connectivity index (χ3n) is 2.37. The Hall–Kier alpha value is -1.20. The van der Waals surface area contributed by atoms with Crippen LogP contribution in [-0.2, 0) is 24.8 Å². The molecule has 0 aliphatic rings. The number of carbonyl (C=O) groups excluding carboxylic acids is 1. The normalized spacial score (nSPS) is 12.2. The number of carbonyl (C=O) groups is 1. The maximum atomic E-state index is 11.9. The average molecular weight is 342 g/mol. The van der Waals surface area contributed by atoms with E-state index in [1.807, 2.05) is 9.44 Å². The molecule has 1 aromatic rings. The van der Waals surface area contributed by atoms with Crippen LogP contribution in [0.3, 0.4) is 0 Å². The minimum Gasteiger partial charge on any atom is -0.327 e. The van der Waals surface area contributed by atoms with Gasteiger partial charge in [0.1, 0.15) is 9.79 Å². The lowest BCUT2D eigenvalue weighted by molar-refractivity contribution is -0.105. The van der Waals surface area contributed by atoms with Crippen molar-refractivity contribution in [1.29, 1.82) is 0 Å². The van der Waals surface area contributed by atoms with Crippen molar-refractivity contribution < 1.29 is 21.6 Å². The van der Waals surface area contributed by atoms with E-state index in [4.69, 9.17) is 11.6 Å². The molecule has 0 saturated heterocycles. The summed E-state index contributed by atoms with van der Waals surface area (Å²) < 4.78 is 51.3. The molecule has 112 valence electrons. The van der Waals surface area contributed by atoms with E-state index < -0.39 is 29.8 Å². The summed E-state index contributed by atoms with van der Waals surface area (Å²) in [4.78, 5) is 9.67. The lowest BCUT2D eigenvalue weighted by Crippen LogP contribution is -2.23. The van der Waals surface area contributed by atoms with Gasteiger partial charge in [0.2, 0.25) is 26.5 Å². The van der Waals surface area contributed by atoms with Crippen LogP contribution < -0.4 is 14.8 Å². The monoisotopic (exact) mass is 341 g/mol. The van der Waals surface area contributed by atoms with Crippen molar-refractivity contribution >= 4 is 43.7 Å². The number of rotatable bonds is 6. The molecule has 3 N–H and O–H groups in total. The number of amides is 1. The van der Waals surface area contributed by atoms with Crippen molar-refractivity contribution in [3.8, 4) is 0 Å². The van der Waals surface area contributed by atoms with Gasteiger partial charge in [0.15, 0.2) is 0 Å². The fourth-order valence-corrected chi connectivity index (χ4v) is 3.61. The molecule has 0 radical (unpaired) electrons. The van der Waals surface area contributed by atoms with Crippen molar-refractivity contribution in [3.05, 3.63) is 17.2 Å². The van der Waals surface area contributed by atoms with Gasteiger partial charge in [-0.3, -0.25) is 4.79 Å². The maximum Gasteiger partial charge on any atom is 0.242 e. The Labute approximate surface area is 121 Å². The van der Waals surface area contributed by atoms with Gasteiger partial charge in [-0.25, -0.2) is 26.3 Å². The predicted octanol–water partition coefficient (Wildman–Crippen LogP) is -0.275. The zero-order valence-corrected chi connectivity index (χ0v) is 12.9. The highest BCUT2D eigenvalue weighted by Gasteiger charge is 2.24. The number of benzene rings is 1. The molecule has 20 heavy (non-hydrogen) atoms. The second-order valence-corrected chi connectivity index (χ2v) is 7.57. The van der Waals surface area contributed by atoms with Gasteiger partial charge in [-0.2, -0.15) is 0 Å². The van der Waals surface area contributed by atoms with Crippen LogP contribution in [0, 0.1) is 0 Å². The second-order valence-electron chi connectivity index (χ2n) is 3.46. The van der Waals surface area contributed by atoms with Gasteiger partial charge in [0.25, 0.3) is 0 Å². The zero-order valence-electron chi connectivity index (χ0n) is 10.5. The largest absolute Gasteiger partial charge is 0.327 e. The Bertz CT molecular complexity index is 730. The summed E-state index contributed by atoms with van der Waals surface area (Å²) in [6.07, 6.45) is 0.257. The topological polar surface area (TPSA) is 121 Å². The molecule has 0 aliphatic heterocycles. The lowest BCUT2D eigenvalue weighted by atomic mass is 10.3. The molecule has 1 aromatic carbocycles. The standard InChI is InChI=1S/C9H12ClN3O5S2/c1-11-19(15,16)8-4-9(20(17,18)12-2)7(13-5-14)3-6(8)10/h3-5,11-12H,1-2H3,(H,13,14). The Morgan fingerprint density at radius 1 is 1.00 bits per heavy atom. The van der Waals surface area contributed by atoms with Gasteiger partial charge >= 0.3 is 0 Å². The lowest BCUT2D eigenvalue weighted by Gasteiger charge is -2.12. The molecule has 0 unspecified atom stereocenters. The quantitative estimate of drug-likeness (QED) is 0.615. The summed E-state index contributed by atoms with van der Waals surface area (Å²) in [5, 5.41) is 1.93. The van der Waals surface area contributed by atoms with Crippen LogP contribution in [0.4, 0.5) is 5.69 Å². The fraction of sp³-hybridized carbons (Fsp3) is 0.222. The fourth-order valence-electron chi connectivity index (χ4n) is 1.36. The number of sulfonamides is 2. The van der Waals surface area contributed by atoms with Crippen LogP contribution in [0.2, 0.25) is 5.02 Å². The van der Waals surface area contributed by atoms with Crippen molar-refractivity contribution in [3.63, 3.8) is 0 Å². The van der Waals surface area contributed by atoms with Crippen LogP contribution in [0.25, 0.3) is 0 Å². The van der Waals surface area contributed by atoms with Crippen LogP contribution >= 0.6 is 11.6 Å². The Balaban J connectivity index is 3.72. The van der Waals surface area contributed by atoms with Gasteiger partial charge in [-0.1, -0.05) is 11.6 Å². The SMILES string of the molecule is CNS(=O)(=O)c1cc(S(=O)(=O)NC)c(NC=O)cc1Cl. The summed E-state index contributed by atoms with van der Waals surface area (Å²) in [6, 6.07) is 1.91. The van der Waals surface area contributed by atoms with Crippen LogP contribution in [0.15, 0.2) is 21.9 Å². The van der Waals surface area contributed by atoms with Gasteiger partial charge in [0.05, 0.1) is 10.7 Å². The van der Waals surface area contributed by atoms with Crippen molar-refractivity contribution in [2.24, 2.45) is 0 Å². The minimum absolute atomic E-state index is 0.130. The first-order valence-corrected chi connectivity index (χ1v) is 8.45. The summed E-state index contributed by atoms with van der Waals surface area (Å²) in [7, 11) is -5.61. The molecule has 0 atom stereocenters. The summed E-state index contributed by atoms with van der Waals surface area (Å²) in [5.74, 6) is 0. The molecular formula is C9H12ClN3O5S2. The third-order valence-corrected chi connectivity index (χ3v) is 5.70. The number of anilines is 1. The second kappa shape index (κ2) is 6.06. The van der Waals surface area contributed by atoms with E-state index in [-0.39, 0.29) is 17.1 Å². The number of halogens is 1. The van der Waals surface area contributed by atoms with Gasteiger partial charge < -0.3 is 5.32 Å². The molecule has 11 heteroatoms. The molecule has 1 amide bonds. The summed E-state index contributed by atoms with van der Waals surface area (Å²) >= 11 is 5.80. The van der Waals surface area contributed by atoms with Gasteiger partial charge in [0, 0.05) is 0 Å². The molecule has 1 rings (SSSR count). The Morgan fingerprint density at radius 3 is 1.95 bits per heavy atom. The molecule has 0 saturated carbocycles. The molecule has 0 aliphatic carbocycles. The van der Waals surface area contributed by atoms with Crippen LogP contribution in [-0.4, -0.2) is 37.3 Å². The maximum absolute atomic E-state index is 11.9. The number of hydrogen-bond donors (Lipinski definition) is 3. The van der Waals surface area contributed by atoms with Gasteiger partial charge in [-0.15, -0.1) is 0 Å². The highest BCUT2D eigenvalue weighted by molar-refractivity contribution is 7.90. The molecule has 0 fully saturated rings. The summed E-state index contributed by atoms with van der Waals surface area (Å²) in [5.41, 5.74) is -0.130. The van der Waals surface area contributed by atoms with Crippen molar-refractivity contribution in [1.82, 2.24) is 9.44 Å². The van der Waals surface area contributed by atoms with Crippen LogP contribution in [0.1, 0.15) is 0 Å². The first kappa shape index (κ1) is 16.9. The molecule has 0 aromatic heterocycles. The Morgan fingerprint density at radius 2 is 1.50 bits per heavy atom. The van der Waals surface area contributed by atoms with E-state index in [2.05, 4.69) is 5.32 Å².